The van der Waals surface area contributed by atoms with Crippen LogP contribution < -0.4 is 10.6 Å². The molecule has 3 amide bonds. The van der Waals surface area contributed by atoms with Crippen LogP contribution >= 0.6 is 0 Å². The monoisotopic (exact) mass is 301 g/mol. The predicted octanol–water partition coefficient (Wildman–Crippen LogP) is 0.901. The summed E-state index contributed by atoms with van der Waals surface area (Å²) in [5.74, 6) is -0.833. The third-order valence-corrected chi connectivity index (χ3v) is 3.02. The van der Waals surface area contributed by atoms with Gasteiger partial charge in [0, 0.05) is 26.6 Å². The summed E-state index contributed by atoms with van der Waals surface area (Å²) in [6, 6.07) is -0.376. The SMILES string of the molecule is CCC(CNC(=O)N(C)CC(=O)NCC(C)C)CC(=O)O. The van der Waals surface area contributed by atoms with Gasteiger partial charge in [0.05, 0.1) is 0 Å². The van der Waals surface area contributed by atoms with E-state index in [1.165, 1.54) is 11.9 Å². The zero-order valence-corrected chi connectivity index (χ0v) is 13.3. The standard InChI is InChI=1S/C14H27N3O4/c1-5-11(6-13(19)20)8-16-14(21)17(4)9-12(18)15-7-10(2)3/h10-11H,5-9H2,1-4H3,(H,15,18)(H,16,21)(H,19,20). The predicted molar refractivity (Wildman–Crippen MR) is 79.9 cm³/mol. The van der Waals surface area contributed by atoms with Gasteiger partial charge < -0.3 is 20.6 Å². The van der Waals surface area contributed by atoms with Gasteiger partial charge in [-0.15, -0.1) is 0 Å². The zero-order chi connectivity index (χ0) is 16.4. The summed E-state index contributed by atoms with van der Waals surface area (Å²) in [4.78, 5) is 35.3. The lowest BCUT2D eigenvalue weighted by Gasteiger charge is -2.20. The van der Waals surface area contributed by atoms with Gasteiger partial charge in [-0.25, -0.2) is 4.79 Å². The van der Waals surface area contributed by atoms with E-state index in [0.717, 1.165) is 0 Å². The van der Waals surface area contributed by atoms with Crippen molar-refractivity contribution in [3.8, 4) is 0 Å². The van der Waals surface area contributed by atoms with Gasteiger partial charge >= 0.3 is 12.0 Å². The van der Waals surface area contributed by atoms with E-state index < -0.39 is 5.97 Å². The second kappa shape index (κ2) is 10.0. The molecule has 0 saturated carbocycles. The first-order valence-electron chi connectivity index (χ1n) is 7.23. The van der Waals surface area contributed by atoms with Crippen LogP contribution in [0, 0.1) is 11.8 Å². The molecule has 0 bridgehead atoms. The molecule has 0 aliphatic rings. The van der Waals surface area contributed by atoms with Gasteiger partial charge in [-0.05, 0) is 11.8 Å². The Labute approximate surface area is 126 Å². The van der Waals surface area contributed by atoms with Crippen molar-refractivity contribution in [2.45, 2.75) is 33.6 Å². The van der Waals surface area contributed by atoms with Gasteiger partial charge in [-0.1, -0.05) is 27.2 Å². The molecule has 0 aliphatic heterocycles. The smallest absolute Gasteiger partial charge is 0.317 e. The van der Waals surface area contributed by atoms with Crippen LogP contribution in [0.15, 0.2) is 0 Å². The second-order valence-electron chi connectivity index (χ2n) is 5.61. The molecule has 0 aromatic carbocycles. The highest BCUT2D eigenvalue weighted by atomic mass is 16.4. The third kappa shape index (κ3) is 9.70. The van der Waals surface area contributed by atoms with Crippen molar-refractivity contribution >= 4 is 17.9 Å². The number of hydrogen-bond acceptors (Lipinski definition) is 3. The number of carboxylic acids is 1. The van der Waals surface area contributed by atoms with E-state index in [0.29, 0.717) is 25.4 Å². The van der Waals surface area contributed by atoms with E-state index in [4.69, 9.17) is 5.11 Å². The number of rotatable bonds is 9. The van der Waals surface area contributed by atoms with Gasteiger partial charge in [0.15, 0.2) is 0 Å². The molecule has 0 aromatic rings. The Bertz CT molecular complexity index is 358. The number of aliphatic carboxylic acids is 1. The Kier molecular flexibility index (Phi) is 9.16. The average molecular weight is 301 g/mol. The Morgan fingerprint density at radius 2 is 1.76 bits per heavy atom. The summed E-state index contributed by atoms with van der Waals surface area (Å²) in [6.45, 7) is 6.70. The number of likely N-dealkylation sites (N-methyl/N-ethyl adjacent to an activating group) is 1. The fourth-order valence-corrected chi connectivity index (χ4v) is 1.64. The molecule has 0 spiro atoms. The molecule has 21 heavy (non-hydrogen) atoms. The maximum Gasteiger partial charge on any atom is 0.317 e. The number of nitrogens with zero attached hydrogens (tertiary/aromatic N) is 1. The molecule has 0 fully saturated rings. The Balaban J connectivity index is 4.09. The van der Waals surface area contributed by atoms with E-state index in [1.54, 1.807) is 0 Å². The molecule has 0 radical (unpaired) electrons. The maximum absolute atomic E-state index is 11.8. The molecule has 3 N–H and O–H groups in total. The highest BCUT2D eigenvalue weighted by Crippen LogP contribution is 2.06. The van der Waals surface area contributed by atoms with Crippen LogP contribution in [0.3, 0.4) is 0 Å². The van der Waals surface area contributed by atoms with E-state index in [1.807, 2.05) is 20.8 Å². The normalized spacial score (nSPS) is 11.9. The summed E-state index contributed by atoms with van der Waals surface area (Å²) < 4.78 is 0. The third-order valence-electron chi connectivity index (χ3n) is 3.02. The van der Waals surface area contributed by atoms with Crippen molar-refractivity contribution < 1.29 is 19.5 Å². The molecular formula is C14H27N3O4. The van der Waals surface area contributed by atoms with E-state index in [2.05, 4.69) is 10.6 Å². The van der Waals surface area contributed by atoms with E-state index in [-0.39, 0.29) is 30.8 Å². The van der Waals surface area contributed by atoms with Crippen molar-refractivity contribution in [1.82, 2.24) is 15.5 Å². The molecule has 0 aromatic heterocycles. The Hall–Kier alpha value is -1.79. The number of carbonyl (C=O) groups excluding carboxylic acids is 2. The van der Waals surface area contributed by atoms with Gasteiger partial charge in [0.25, 0.3) is 0 Å². The summed E-state index contributed by atoms with van der Waals surface area (Å²) in [5.41, 5.74) is 0. The van der Waals surface area contributed by atoms with E-state index >= 15 is 0 Å². The number of amides is 3. The van der Waals surface area contributed by atoms with Crippen LogP contribution in [-0.4, -0.2) is 54.6 Å². The number of carbonyl (C=O) groups is 3. The van der Waals surface area contributed by atoms with Gasteiger partial charge in [-0.3, -0.25) is 9.59 Å². The lowest BCUT2D eigenvalue weighted by molar-refractivity contribution is -0.138. The van der Waals surface area contributed by atoms with Gasteiger partial charge in [-0.2, -0.15) is 0 Å². The van der Waals surface area contributed by atoms with E-state index in [9.17, 15) is 14.4 Å². The molecular weight excluding hydrogens is 274 g/mol. The minimum absolute atomic E-state index is 0.0196. The highest BCUT2D eigenvalue weighted by Gasteiger charge is 2.16. The van der Waals surface area contributed by atoms with Crippen molar-refractivity contribution in [2.75, 3.05) is 26.7 Å². The van der Waals surface area contributed by atoms with Crippen molar-refractivity contribution in [1.29, 1.82) is 0 Å². The topological polar surface area (TPSA) is 98.7 Å². The highest BCUT2D eigenvalue weighted by molar-refractivity contribution is 5.83. The molecule has 7 heteroatoms. The Morgan fingerprint density at radius 1 is 1.14 bits per heavy atom. The number of urea groups is 1. The molecule has 122 valence electrons. The summed E-state index contributed by atoms with van der Waals surface area (Å²) >= 11 is 0. The van der Waals surface area contributed by atoms with Crippen LogP contribution in [0.25, 0.3) is 0 Å². The fraction of sp³-hybridized carbons (Fsp3) is 0.786. The largest absolute Gasteiger partial charge is 0.481 e. The second-order valence-corrected chi connectivity index (χ2v) is 5.61. The lowest BCUT2D eigenvalue weighted by atomic mass is 10.0. The first kappa shape index (κ1) is 19.2. The van der Waals surface area contributed by atoms with Crippen LogP contribution in [0.1, 0.15) is 33.6 Å². The van der Waals surface area contributed by atoms with Crippen molar-refractivity contribution in [3.05, 3.63) is 0 Å². The minimum atomic E-state index is -0.877. The average Bonchev–Trinajstić information content (AvgIpc) is 2.40. The summed E-state index contributed by atoms with van der Waals surface area (Å²) in [6.07, 6.45) is 0.695. The first-order valence-corrected chi connectivity index (χ1v) is 7.23. The molecule has 1 unspecified atom stereocenters. The molecule has 0 saturated heterocycles. The number of nitrogens with one attached hydrogen (secondary N) is 2. The molecule has 1 atom stereocenters. The summed E-state index contributed by atoms with van der Waals surface area (Å²) in [7, 11) is 1.53. The van der Waals surface area contributed by atoms with Crippen LogP contribution in [0.4, 0.5) is 4.79 Å². The van der Waals surface area contributed by atoms with Gasteiger partial charge in [0.1, 0.15) is 6.54 Å². The zero-order valence-electron chi connectivity index (χ0n) is 13.3. The quantitative estimate of drug-likeness (QED) is 0.589. The maximum atomic E-state index is 11.8. The number of hydrogen-bond donors (Lipinski definition) is 3. The molecule has 0 rings (SSSR count). The van der Waals surface area contributed by atoms with Crippen molar-refractivity contribution in [3.63, 3.8) is 0 Å². The number of carboxylic acid groups (broad SMARTS) is 1. The minimum Gasteiger partial charge on any atom is -0.481 e. The lowest BCUT2D eigenvalue weighted by Crippen LogP contribution is -2.45. The van der Waals surface area contributed by atoms with Gasteiger partial charge in [0.2, 0.25) is 5.91 Å². The summed E-state index contributed by atoms with van der Waals surface area (Å²) in [5, 5.41) is 14.1. The van der Waals surface area contributed by atoms with Crippen LogP contribution in [0.2, 0.25) is 0 Å². The Morgan fingerprint density at radius 3 is 2.24 bits per heavy atom. The van der Waals surface area contributed by atoms with Crippen molar-refractivity contribution in [2.24, 2.45) is 11.8 Å². The van der Waals surface area contributed by atoms with Crippen LogP contribution in [-0.2, 0) is 9.59 Å². The fourth-order valence-electron chi connectivity index (χ4n) is 1.64. The van der Waals surface area contributed by atoms with Crippen LogP contribution in [0.5, 0.6) is 0 Å². The first-order chi connectivity index (χ1) is 9.76. The molecule has 0 heterocycles. The molecule has 7 nitrogen and oxygen atoms in total. The molecule has 0 aliphatic carbocycles.